The highest BCUT2D eigenvalue weighted by Crippen LogP contribution is 2.15. The van der Waals surface area contributed by atoms with Crippen molar-refractivity contribution < 1.29 is 4.79 Å². The lowest BCUT2D eigenvalue weighted by Crippen LogP contribution is -2.04. The van der Waals surface area contributed by atoms with Crippen LogP contribution in [0.4, 0.5) is 11.4 Å². The molecule has 100 valence electrons. The van der Waals surface area contributed by atoms with E-state index in [2.05, 4.69) is 10.3 Å². The fraction of sp³-hybridized carbons (Fsp3) is 0.0588. The Morgan fingerprint density at radius 1 is 1.05 bits per heavy atom. The summed E-state index contributed by atoms with van der Waals surface area (Å²) >= 11 is 0. The number of nitrogens with zero attached hydrogens (tertiary/aromatic N) is 1. The first-order valence-electron chi connectivity index (χ1n) is 6.37. The standard InChI is InChI=1S/C17H16N2O/c1-14(20)19-17-11-9-16(10-12-17)18-13-5-8-15-6-3-2-4-7-15/h2-13H,1H3,(H,19,20)/b8-5+,18-13?. The molecule has 2 aromatic rings. The zero-order chi connectivity index (χ0) is 14.2. The monoisotopic (exact) mass is 264 g/mol. The molecule has 3 nitrogen and oxygen atoms in total. The van der Waals surface area contributed by atoms with Crippen molar-refractivity contribution in [3.05, 3.63) is 66.2 Å². The molecule has 0 spiro atoms. The SMILES string of the molecule is CC(=O)Nc1ccc(N=C/C=C/c2ccccc2)cc1. The summed E-state index contributed by atoms with van der Waals surface area (Å²) in [5.74, 6) is -0.0768. The van der Waals surface area contributed by atoms with E-state index in [4.69, 9.17) is 0 Å². The molecule has 0 saturated heterocycles. The van der Waals surface area contributed by atoms with E-state index < -0.39 is 0 Å². The topological polar surface area (TPSA) is 41.5 Å². The van der Waals surface area contributed by atoms with Gasteiger partial charge in [-0.25, -0.2) is 0 Å². The third kappa shape index (κ3) is 4.53. The van der Waals surface area contributed by atoms with Gasteiger partial charge in [0.15, 0.2) is 0 Å². The molecule has 0 aliphatic rings. The summed E-state index contributed by atoms with van der Waals surface area (Å²) in [6.45, 7) is 1.49. The van der Waals surface area contributed by atoms with E-state index in [1.54, 1.807) is 6.21 Å². The van der Waals surface area contributed by atoms with Crippen molar-refractivity contribution in [2.24, 2.45) is 4.99 Å². The molecule has 0 heterocycles. The molecule has 0 saturated carbocycles. The van der Waals surface area contributed by atoms with E-state index in [1.165, 1.54) is 6.92 Å². The van der Waals surface area contributed by atoms with Gasteiger partial charge in [0, 0.05) is 18.8 Å². The molecule has 0 fully saturated rings. The third-order valence-corrected chi connectivity index (χ3v) is 2.59. The van der Waals surface area contributed by atoms with Gasteiger partial charge in [-0.05, 0) is 35.9 Å². The van der Waals surface area contributed by atoms with Gasteiger partial charge in [-0.15, -0.1) is 0 Å². The normalized spacial score (nSPS) is 11.1. The van der Waals surface area contributed by atoms with Crippen LogP contribution in [0.3, 0.4) is 0 Å². The molecule has 1 amide bonds. The van der Waals surface area contributed by atoms with Gasteiger partial charge in [-0.3, -0.25) is 9.79 Å². The summed E-state index contributed by atoms with van der Waals surface area (Å²) in [6.07, 6.45) is 5.65. The van der Waals surface area contributed by atoms with Crippen molar-refractivity contribution in [3.8, 4) is 0 Å². The number of benzene rings is 2. The largest absolute Gasteiger partial charge is 0.326 e. The predicted octanol–water partition coefficient (Wildman–Crippen LogP) is 4.06. The predicted molar refractivity (Wildman–Crippen MR) is 84.4 cm³/mol. The first kappa shape index (κ1) is 13.7. The van der Waals surface area contributed by atoms with E-state index in [-0.39, 0.29) is 5.91 Å². The van der Waals surface area contributed by atoms with Crippen LogP contribution in [0.25, 0.3) is 6.08 Å². The second kappa shape index (κ2) is 7.04. The van der Waals surface area contributed by atoms with Gasteiger partial charge in [0.05, 0.1) is 5.69 Å². The van der Waals surface area contributed by atoms with Crippen LogP contribution in [0, 0.1) is 0 Å². The molecule has 0 atom stereocenters. The lowest BCUT2D eigenvalue weighted by atomic mass is 10.2. The number of allylic oxidation sites excluding steroid dienone is 1. The molecular weight excluding hydrogens is 248 g/mol. The van der Waals surface area contributed by atoms with Gasteiger partial charge >= 0.3 is 0 Å². The quantitative estimate of drug-likeness (QED) is 0.831. The lowest BCUT2D eigenvalue weighted by Gasteiger charge is -2.01. The number of rotatable bonds is 4. The summed E-state index contributed by atoms with van der Waals surface area (Å²) in [7, 11) is 0. The van der Waals surface area contributed by atoms with Crippen molar-refractivity contribution in [1.82, 2.24) is 0 Å². The number of aliphatic imine (C=N–C) groups is 1. The minimum absolute atomic E-state index is 0.0768. The summed E-state index contributed by atoms with van der Waals surface area (Å²) in [5.41, 5.74) is 2.76. The molecule has 0 aromatic heterocycles. The van der Waals surface area contributed by atoms with Crippen LogP contribution in [0.15, 0.2) is 65.7 Å². The molecule has 0 radical (unpaired) electrons. The Balaban J connectivity index is 1.94. The van der Waals surface area contributed by atoms with Crippen molar-refractivity contribution in [2.45, 2.75) is 6.92 Å². The minimum atomic E-state index is -0.0768. The Hall–Kier alpha value is -2.68. The molecule has 20 heavy (non-hydrogen) atoms. The van der Waals surface area contributed by atoms with Gasteiger partial charge in [0.1, 0.15) is 0 Å². The van der Waals surface area contributed by atoms with Gasteiger partial charge in [0.25, 0.3) is 0 Å². The number of carbonyl (C=O) groups excluding carboxylic acids is 1. The van der Waals surface area contributed by atoms with Crippen LogP contribution in [-0.4, -0.2) is 12.1 Å². The van der Waals surface area contributed by atoms with Crippen molar-refractivity contribution in [3.63, 3.8) is 0 Å². The first-order valence-corrected chi connectivity index (χ1v) is 6.37. The number of hydrogen-bond acceptors (Lipinski definition) is 2. The number of nitrogens with one attached hydrogen (secondary N) is 1. The van der Waals surface area contributed by atoms with Crippen LogP contribution in [-0.2, 0) is 4.79 Å². The van der Waals surface area contributed by atoms with Gasteiger partial charge in [-0.2, -0.15) is 0 Å². The maximum absolute atomic E-state index is 10.9. The summed E-state index contributed by atoms with van der Waals surface area (Å²) in [6, 6.07) is 17.4. The zero-order valence-electron chi connectivity index (χ0n) is 11.3. The van der Waals surface area contributed by atoms with E-state index in [0.717, 1.165) is 16.9 Å². The fourth-order valence-corrected chi connectivity index (χ4v) is 1.68. The minimum Gasteiger partial charge on any atom is -0.326 e. The highest BCUT2D eigenvalue weighted by Gasteiger charge is 1.94. The van der Waals surface area contributed by atoms with Gasteiger partial charge in [-0.1, -0.05) is 36.4 Å². The number of carbonyl (C=O) groups is 1. The Morgan fingerprint density at radius 2 is 1.75 bits per heavy atom. The molecule has 0 unspecified atom stereocenters. The summed E-state index contributed by atoms with van der Waals surface area (Å²) < 4.78 is 0. The molecule has 0 bridgehead atoms. The highest BCUT2D eigenvalue weighted by atomic mass is 16.1. The van der Waals surface area contributed by atoms with Crippen LogP contribution in [0.1, 0.15) is 12.5 Å². The van der Waals surface area contributed by atoms with Gasteiger partial charge in [0.2, 0.25) is 5.91 Å². The molecule has 2 rings (SSSR count). The molecular formula is C17H16N2O. The smallest absolute Gasteiger partial charge is 0.221 e. The first-order chi connectivity index (χ1) is 9.74. The van der Waals surface area contributed by atoms with E-state index in [1.807, 2.05) is 66.7 Å². The summed E-state index contributed by atoms with van der Waals surface area (Å²) in [5, 5.41) is 2.72. The number of anilines is 1. The zero-order valence-corrected chi connectivity index (χ0v) is 11.3. The Bertz CT molecular complexity index is 613. The summed E-state index contributed by atoms with van der Waals surface area (Å²) in [4.78, 5) is 15.2. The maximum atomic E-state index is 10.9. The van der Waals surface area contributed by atoms with Crippen molar-refractivity contribution >= 4 is 29.6 Å². The van der Waals surface area contributed by atoms with Crippen LogP contribution in [0.5, 0.6) is 0 Å². The molecule has 0 aliphatic carbocycles. The maximum Gasteiger partial charge on any atom is 0.221 e. The molecule has 2 aromatic carbocycles. The average Bonchev–Trinajstić information content (AvgIpc) is 2.46. The van der Waals surface area contributed by atoms with E-state index in [0.29, 0.717) is 0 Å². The average molecular weight is 264 g/mol. The molecule has 0 aliphatic heterocycles. The second-order valence-corrected chi connectivity index (χ2v) is 4.28. The van der Waals surface area contributed by atoms with E-state index >= 15 is 0 Å². The van der Waals surface area contributed by atoms with E-state index in [9.17, 15) is 4.79 Å². The van der Waals surface area contributed by atoms with Crippen LogP contribution in [0.2, 0.25) is 0 Å². The fourth-order valence-electron chi connectivity index (χ4n) is 1.68. The van der Waals surface area contributed by atoms with Crippen LogP contribution < -0.4 is 5.32 Å². The Kier molecular flexibility index (Phi) is 4.84. The second-order valence-electron chi connectivity index (χ2n) is 4.28. The third-order valence-electron chi connectivity index (χ3n) is 2.59. The van der Waals surface area contributed by atoms with Crippen molar-refractivity contribution in [2.75, 3.05) is 5.32 Å². The van der Waals surface area contributed by atoms with Crippen molar-refractivity contribution in [1.29, 1.82) is 0 Å². The Labute approximate surface area is 118 Å². The highest BCUT2D eigenvalue weighted by molar-refractivity contribution is 5.89. The molecule has 3 heteroatoms. The molecule has 1 N–H and O–H groups in total. The lowest BCUT2D eigenvalue weighted by molar-refractivity contribution is -0.114. The van der Waals surface area contributed by atoms with Gasteiger partial charge < -0.3 is 5.32 Å². The Morgan fingerprint density at radius 3 is 2.40 bits per heavy atom. The number of hydrogen-bond donors (Lipinski definition) is 1. The number of amides is 1. The van der Waals surface area contributed by atoms with Crippen LogP contribution >= 0.6 is 0 Å².